The minimum atomic E-state index is -2.40. The van der Waals surface area contributed by atoms with Crippen LogP contribution < -0.4 is 5.32 Å². The van der Waals surface area contributed by atoms with Gasteiger partial charge in [0.2, 0.25) is 11.8 Å². The Morgan fingerprint density at radius 2 is 1.42 bits per heavy atom. The first-order valence-corrected chi connectivity index (χ1v) is 9.54. The molecule has 0 heterocycles. The van der Waals surface area contributed by atoms with E-state index in [-0.39, 0.29) is 17.5 Å². The van der Waals surface area contributed by atoms with Gasteiger partial charge in [0.15, 0.2) is 0 Å². The molecule has 0 fully saturated rings. The van der Waals surface area contributed by atoms with E-state index in [2.05, 4.69) is 18.8 Å². The fourth-order valence-electron chi connectivity index (χ4n) is 2.84. The van der Waals surface area contributed by atoms with E-state index in [0.29, 0.717) is 13.1 Å². The van der Waals surface area contributed by atoms with Crippen LogP contribution >= 0.6 is 0 Å². The van der Waals surface area contributed by atoms with Gasteiger partial charge in [-0.15, -0.1) is 0 Å². The molecule has 0 aromatic heterocycles. The van der Waals surface area contributed by atoms with Gasteiger partial charge in [0, 0.05) is 32.6 Å². The van der Waals surface area contributed by atoms with Gasteiger partial charge in [0.25, 0.3) is 8.40 Å². The molecule has 0 aliphatic heterocycles. The Hall–Kier alpha value is -0.883. The number of carbonyl (C=O) groups is 2. The van der Waals surface area contributed by atoms with Crippen LogP contribution in [0.1, 0.15) is 41.5 Å². The SMILES string of the molecule is CCNC(C)[Si](C)(N(CC)C(C)=O)N(CC)C(C)=O. The summed E-state index contributed by atoms with van der Waals surface area (Å²) in [5, 5.41) is 3.40. The summed E-state index contributed by atoms with van der Waals surface area (Å²) < 4.78 is 3.79. The normalized spacial score (nSPS) is 13.0. The molecule has 0 spiro atoms. The molecule has 0 aromatic carbocycles. The fourth-order valence-corrected chi connectivity index (χ4v) is 7.21. The minimum Gasteiger partial charge on any atom is -0.351 e. The monoisotopic (exact) mass is 287 g/mol. The van der Waals surface area contributed by atoms with Gasteiger partial charge in [-0.3, -0.25) is 9.59 Å². The molecule has 0 rings (SSSR count). The second kappa shape index (κ2) is 7.64. The molecule has 2 amide bonds. The zero-order valence-electron chi connectivity index (χ0n) is 13.4. The highest BCUT2D eigenvalue weighted by molar-refractivity contribution is 6.78. The third-order valence-corrected chi connectivity index (χ3v) is 9.11. The summed E-state index contributed by atoms with van der Waals surface area (Å²) in [7, 11) is -2.40. The molecule has 0 saturated carbocycles. The minimum absolute atomic E-state index is 0.0427. The lowest BCUT2D eigenvalue weighted by atomic mass is 10.6. The molecule has 0 aliphatic rings. The molecular weight excluding hydrogens is 258 g/mol. The average molecular weight is 287 g/mol. The van der Waals surface area contributed by atoms with Crippen molar-refractivity contribution in [2.75, 3.05) is 19.6 Å². The molecule has 0 saturated heterocycles. The summed E-state index contributed by atoms with van der Waals surface area (Å²) in [5.74, 6) is 0.0854. The Bertz CT molecular complexity index is 301. The molecule has 0 radical (unpaired) electrons. The van der Waals surface area contributed by atoms with Crippen LogP contribution in [0.25, 0.3) is 0 Å². The van der Waals surface area contributed by atoms with Crippen molar-refractivity contribution in [1.29, 1.82) is 0 Å². The van der Waals surface area contributed by atoms with Crippen LogP contribution in [0.3, 0.4) is 0 Å². The lowest BCUT2D eigenvalue weighted by Crippen LogP contribution is -2.74. The summed E-state index contributed by atoms with van der Waals surface area (Å²) in [6, 6.07) is 0. The van der Waals surface area contributed by atoms with Gasteiger partial charge in [0.1, 0.15) is 0 Å². The molecule has 1 unspecified atom stereocenters. The Morgan fingerprint density at radius 3 is 1.63 bits per heavy atom. The van der Waals surface area contributed by atoms with Crippen LogP contribution in [0, 0.1) is 0 Å². The van der Waals surface area contributed by atoms with E-state index in [0.717, 1.165) is 6.54 Å². The predicted molar refractivity (Wildman–Crippen MR) is 80.9 cm³/mol. The van der Waals surface area contributed by atoms with Crippen molar-refractivity contribution in [3.8, 4) is 0 Å². The van der Waals surface area contributed by atoms with Crippen LogP contribution in [-0.4, -0.2) is 54.6 Å². The van der Waals surface area contributed by atoms with E-state index in [9.17, 15) is 9.59 Å². The van der Waals surface area contributed by atoms with E-state index < -0.39 is 8.40 Å². The van der Waals surface area contributed by atoms with Gasteiger partial charge < -0.3 is 14.4 Å². The molecule has 1 N–H and O–H groups in total. The molecule has 0 aliphatic carbocycles. The quantitative estimate of drug-likeness (QED) is 0.719. The van der Waals surface area contributed by atoms with Crippen LogP contribution in [0.5, 0.6) is 0 Å². The average Bonchev–Trinajstić information content (AvgIpc) is 2.29. The topological polar surface area (TPSA) is 52.7 Å². The molecule has 1 atom stereocenters. The lowest BCUT2D eigenvalue weighted by molar-refractivity contribution is -0.127. The first-order chi connectivity index (χ1) is 8.77. The van der Waals surface area contributed by atoms with E-state index in [1.54, 1.807) is 13.8 Å². The number of hydrogen-bond acceptors (Lipinski definition) is 3. The van der Waals surface area contributed by atoms with Gasteiger partial charge in [-0.1, -0.05) is 6.92 Å². The first kappa shape index (κ1) is 18.1. The van der Waals surface area contributed by atoms with Crippen LogP contribution in [0.4, 0.5) is 0 Å². The number of nitrogens with one attached hydrogen (secondary N) is 1. The molecule has 112 valence electrons. The highest BCUT2D eigenvalue weighted by atomic mass is 28.3. The number of carbonyl (C=O) groups excluding carboxylic acids is 2. The van der Waals surface area contributed by atoms with Crippen molar-refractivity contribution in [3.63, 3.8) is 0 Å². The smallest absolute Gasteiger partial charge is 0.282 e. The van der Waals surface area contributed by atoms with Gasteiger partial charge in [-0.25, -0.2) is 0 Å². The maximum Gasteiger partial charge on any atom is 0.282 e. The lowest BCUT2D eigenvalue weighted by Gasteiger charge is -2.49. The van der Waals surface area contributed by atoms with Crippen molar-refractivity contribution in [3.05, 3.63) is 0 Å². The second-order valence-electron chi connectivity index (χ2n) is 4.90. The third kappa shape index (κ3) is 3.79. The molecule has 19 heavy (non-hydrogen) atoms. The second-order valence-corrected chi connectivity index (χ2v) is 9.03. The molecule has 6 heteroatoms. The van der Waals surface area contributed by atoms with Crippen LogP contribution in [0.15, 0.2) is 0 Å². The highest BCUT2D eigenvalue weighted by Crippen LogP contribution is 2.21. The van der Waals surface area contributed by atoms with E-state index >= 15 is 0 Å². The Morgan fingerprint density at radius 1 is 1.05 bits per heavy atom. The van der Waals surface area contributed by atoms with Crippen molar-refractivity contribution >= 4 is 20.2 Å². The zero-order chi connectivity index (χ0) is 15.2. The van der Waals surface area contributed by atoms with Crippen molar-refractivity contribution in [2.45, 2.75) is 53.8 Å². The van der Waals surface area contributed by atoms with Crippen molar-refractivity contribution in [1.82, 2.24) is 14.4 Å². The Balaban J connectivity index is 5.68. The third-order valence-electron chi connectivity index (χ3n) is 3.82. The number of nitrogens with zero attached hydrogens (tertiary/aromatic N) is 2. The summed E-state index contributed by atoms with van der Waals surface area (Å²) in [5.41, 5.74) is 0.130. The first-order valence-electron chi connectivity index (χ1n) is 7.06. The number of rotatable bonds is 7. The maximum atomic E-state index is 12.0. The van der Waals surface area contributed by atoms with Crippen molar-refractivity contribution in [2.24, 2.45) is 0 Å². The maximum absolute atomic E-state index is 12.0. The van der Waals surface area contributed by atoms with E-state index in [4.69, 9.17) is 0 Å². The summed E-state index contributed by atoms with van der Waals surface area (Å²) in [6.07, 6.45) is 0. The van der Waals surface area contributed by atoms with Gasteiger partial charge in [-0.05, 0) is 33.9 Å². The van der Waals surface area contributed by atoms with Gasteiger partial charge in [0.05, 0.1) is 0 Å². The van der Waals surface area contributed by atoms with Gasteiger partial charge >= 0.3 is 0 Å². The number of amides is 2. The summed E-state index contributed by atoms with van der Waals surface area (Å²) in [6.45, 7) is 15.4. The molecule has 0 bridgehead atoms. The predicted octanol–water partition coefficient (Wildman–Crippen LogP) is 1.33. The molecule has 5 nitrogen and oxygen atoms in total. The summed E-state index contributed by atoms with van der Waals surface area (Å²) in [4.78, 5) is 23.9. The largest absolute Gasteiger partial charge is 0.351 e. The van der Waals surface area contributed by atoms with E-state index in [1.165, 1.54) is 0 Å². The highest BCUT2D eigenvalue weighted by Gasteiger charge is 2.47. The Labute approximate surface area is 118 Å². The van der Waals surface area contributed by atoms with Crippen LogP contribution in [0.2, 0.25) is 6.55 Å². The van der Waals surface area contributed by atoms with Gasteiger partial charge in [-0.2, -0.15) is 0 Å². The number of hydrogen-bond donors (Lipinski definition) is 1. The Kier molecular flexibility index (Phi) is 7.29. The summed E-state index contributed by atoms with van der Waals surface area (Å²) >= 11 is 0. The van der Waals surface area contributed by atoms with Crippen molar-refractivity contribution < 1.29 is 9.59 Å². The zero-order valence-corrected chi connectivity index (χ0v) is 14.4. The molecular formula is C13H29N3O2Si. The molecule has 0 aromatic rings. The van der Waals surface area contributed by atoms with E-state index in [1.807, 2.05) is 29.9 Å². The fraction of sp³-hybridized carbons (Fsp3) is 0.846. The van der Waals surface area contributed by atoms with Crippen LogP contribution in [-0.2, 0) is 9.59 Å². The standard InChI is InChI=1S/C13H29N3O2Si/c1-8-14-11(4)19(7,15(9-2)12(5)17)16(10-3)13(6)18/h11,14H,8-10H2,1-7H3.